The summed E-state index contributed by atoms with van der Waals surface area (Å²) < 4.78 is 5.15. The number of benzene rings is 1. The van der Waals surface area contributed by atoms with Crippen LogP contribution in [-0.2, 0) is 4.79 Å². The number of hydrogen-bond donors (Lipinski definition) is 2. The van der Waals surface area contributed by atoms with Crippen LogP contribution < -0.4 is 15.8 Å². The molecule has 1 aliphatic rings. The minimum Gasteiger partial charge on any atom is -0.497 e. The molecule has 0 unspecified atom stereocenters. The maximum absolute atomic E-state index is 11.3. The number of carbonyl (C=O) groups is 1. The van der Waals surface area contributed by atoms with E-state index in [0.29, 0.717) is 5.11 Å². The maximum Gasteiger partial charge on any atom is 0.240 e. The Morgan fingerprint density at radius 2 is 2.37 bits per heavy atom. The summed E-state index contributed by atoms with van der Waals surface area (Å²) in [6.45, 7) is 0.753. The fourth-order valence-electron chi connectivity index (χ4n) is 2.20. The summed E-state index contributed by atoms with van der Waals surface area (Å²) in [4.78, 5) is 13.2. The highest BCUT2D eigenvalue weighted by atomic mass is 32.1. The molecular formula is C13H17N3O2S. The number of amides is 1. The first kappa shape index (κ1) is 13.6. The van der Waals surface area contributed by atoms with Crippen molar-refractivity contribution in [2.45, 2.75) is 18.9 Å². The standard InChI is InChI=1S/C13H17N3O2S/c1-18-10-5-2-4-9(8-10)15-13(19)16-7-3-6-11(16)12(14)17/h2,4-5,8,11H,3,6-7H2,1H3,(H2,14,17)(H,15,19)/t11-/m1/s1. The highest BCUT2D eigenvalue weighted by molar-refractivity contribution is 7.80. The second-order valence-corrected chi connectivity index (χ2v) is 4.80. The molecule has 2 rings (SSSR count). The summed E-state index contributed by atoms with van der Waals surface area (Å²) in [6.07, 6.45) is 1.68. The molecule has 19 heavy (non-hydrogen) atoms. The van der Waals surface area contributed by atoms with E-state index in [0.717, 1.165) is 30.8 Å². The van der Waals surface area contributed by atoms with Gasteiger partial charge in [-0.25, -0.2) is 0 Å². The number of primary amides is 1. The smallest absolute Gasteiger partial charge is 0.240 e. The summed E-state index contributed by atoms with van der Waals surface area (Å²) >= 11 is 5.34. The summed E-state index contributed by atoms with van der Waals surface area (Å²) in [6, 6.07) is 7.17. The Morgan fingerprint density at radius 1 is 1.58 bits per heavy atom. The molecule has 5 nitrogen and oxygen atoms in total. The third-order valence-electron chi connectivity index (χ3n) is 3.16. The van der Waals surface area contributed by atoms with E-state index in [2.05, 4.69) is 5.32 Å². The highest BCUT2D eigenvalue weighted by Crippen LogP contribution is 2.21. The minimum absolute atomic E-state index is 0.300. The molecule has 6 heteroatoms. The zero-order chi connectivity index (χ0) is 13.8. The van der Waals surface area contributed by atoms with Gasteiger partial charge in [0.2, 0.25) is 5.91 Å². The summed E-state index contributed by atoms with van der Waals surface area (Å²) in [5, 5.41) is 3.64. The summed E-state index contributed by atoms with van der Waals surface area (Å²) in [5.41, 5.74) is 6.21. The minimum atomic E-state index is -0.327. The molecule has 0 aliphatic carbocycles. The van der Waals surface area contributed by atoms with Crippen molar-refractivity contribution in [2.75, 3.05) is 19.0 Å². The Balaban J connectivity index is 2.06. The SMILES string of the molecule is COc1cccc(NC(=S)N2CCC[C@@H]2C(N)=O)c1. The molecule has 1 amide bonds. The number of carbonyl (C=O) groups excluding carboxylic acids is 1. The molecule has 0 radical (unpaired) electrons. The number of ether oxygens (including phenoxy) is 1. The van der Waals surface area contributed by atoms with E-state index in [1.807, 2.05) is 29.2 Å². The van der Waals surface area contributed by atoms with Gasteiger partial charge in [-0.05, 0) is 37.2 Å². The normalized spacial score (nSPS) is 18.2. The number of rotatable bonds is 3. The van der Waals surface area contributed by atoms with Gasteiger partial charge >= 0.3 is 0 Å². The first-order chi connectivity index (χ1) is 9.11. The average Bonchev–Trinajstić information content (AvgIpc) is 2.88. The van der Waals surface area contributed by atoms with Crippen molar-refractivity contribution in [1.82, 2.24) is 4.90 Å². The Morgan fingerprint density at radius 3 is 3.05 bits per heavy atom. The molecule has 1 saturated heterocycles. The van der Waals surface area contributed by atoms with Gasteiger partial charge in [0.05, 0.1) is 7.11 Å². The van der Waals surface area contributed by atoms with Crippen molar-refractivity contribution in [1.29, 1.82) is 0 Å². The van der Waals surface area contributed by atoms with Crippen LogP contribution >= 0.6 is 12.2 Å². The van der Waals surface area contributed by atoms with Gasteiger partial charge in [-0.1, -0.05) is 6.07 Å². The molecule has 1 heterocycles. The molecule has 1 aromatic carbocycles. The maximum atomic E-state index is 11.3. The molecule has 3 N–H and O–H groups in total. The topological polar surface area (TPSA) is 67.6 Å². The fraction of sp³-hybridized carbons (Fsp3) is 0.385. The van der Waals surface area contributed by atoms with Crippen LogP contribution in [0.2, 0.25) is 0 Å². The van der Waals surface area contributed by atoms with Gasteiger partial charge in [0, 0.05) is 18.3 Å². The molecule has 0 saturated carbocycles. The quantitative estimate of drug-likeness (QED) is 0.817. The number of nitrogens with one attached hydrogen (secondary N) is 1. The van der Waals surface area contributed by atoms with Crippen LogP contribution in [0, 0.1) is 0 Å². The van der Waals surface area contributed by atoms with Crippen LogP contribution in [-0.4, -0.2) is 35.6 Å². The van der Waals surface area contributed by atoms with Crippen LogP contribution in [0.5, 0.6) is 5.75 Å². The average molecular weight is 279 g/mol. The number of methoxy groups -OCH3 is 1. The van der Waals surface area contributed by atoms with Gasteiger partial charge in [-0.15, -0.1) is 0 Å². The van der Waals surface area contributed by atoms with Crippen molar-refractivity contribution >= 4 is 28.9 Å². The number of likely N-dealkylation sites (tertiary alicyclic amines) is 1. The summed E-state index contributed by atoms with van der Waals surface area (Å²) in [5.74, 6) is 0.424. The van der Waals surface area contributed by atoms with E-state index in [-0.39, 0.29) is 11.9 Å². The molecule has 1 aliphatic heterocycles. The largest absolute Gasteiger partial charge is 0.497 e. The number of anilines is 1. The van der Waals surface area contributed by atoms with E-state index in [4.69, 9.17) is 22.7 Å². The molecule has 102 valence electrons. The first-order valence-electron chi connectivity index (χ1n) is 6.13. The molecule has 1 fully saturated rings. The zero-order valence-electron chi connectivity index (χ0n) is 10.8. The Labute approximate surface area is 117 Å². The third-order valence-corrected chi connectivity index (χ3v) is 3.50. The Kier molecular flexibility index (Phi) is 4.21. The lowest BCUT2D eigenvalue weighted by molar-refractivity contribution is -0.121. The van der Waals surface area contributed by atoms with E-state index in [9.17, 15) is 4.79 Å². The van der Waals surface area contributed by atoms with Crippen LogP contribution in [0.4, 0.5) is 5.69 Å². The highest BCUT2D eigenvalue weighted by Gasteiger charge is 2.30. The second-order valence-electron chi connectivity index (χ2n) is 4.42. The predicted molar refractivity (Wildman–Crippen MR) is 78.1 cm³/mol. The van der Waals surface area contributed by atoms with E-state index in [1.54, 1.807) is 7.11 Å². The number of thiocarbonyl (C=S) groups is 1. The van der Waals surface area contributed by atoms with Gasteiger partial charge in [0.15, 0.2) is 5.11 Å². The Hall–Kier alpha value is -1.82. The van der Waals surface area contributed by atoms with Crippen molar-refractivity contribution < 1.29 is 9.53 Å². The fourth-order valence-corrected chi connectivity index (χ4v) is 2.54. The van der Waals surface area contributed by atoms with Gasteiger partial charge < -0.3 is 20.7 Å². The van der Waals surface area contributed by atoms with Crippen molar-refractivity contribution in [3.63, 3.8) is 0 Å². The molecule has 0 aromatic heterocycles. The third kappa shape index (κ3) is 3.14. The molecule has 0 spiro atoms. The molecule has 1 atom stereocenters. The monoisotopic (exact) mass is 279 g/mol. The van der Waals surface area contributed by atoms with Crippen LogP contribution in [0.1, 0.15) is 12.8 Å². The first-order valence-corrected chi connectivity index (χ1v) is 6.53. The van der Waals surface area contributed by atoms with E-state index < -0.39 is 0 Å². The van der Waals surface area contributed by atoms with Crippen molar-refractivity contribution in [3.05, 3.63) is 24.3 Å². The van der Waals surface area contributed by atoms with Gasteiger partial charge in [-0.2, -0.15) is 0 Å². The molecular weight excluding hydrogens is 262 g/mol. The van der Waals surface area contributed by atoms with Crippen molar-refractivity contribution in [2.24, 2.45) is 5.73 Å². The number of nitrogens with zero attached hydrogens (tertiary/aromatic N) is 1. The predicted octanol–water partition coefficient (Wildman–Crippen LogP) is 1.34. The van der Waals surface area contributed by atoms with E-state index in [1.165, 1.54) is 0 Å². The lowest BCUT2D eigenvalue weighted by atomic mass is 10.2. The lowest BCUT2D eigenvalue weighted by Gasteiger charge is -2.25. The van der Waals surface area contributed by atoms with Gasteiger partial charge in [0.25, 0.3) is 0 Å². The second kappa shape index (κ2) is 5.88. The van der Waals surface area contributed by atoms with Crippen LogP contribution in [0.3, 0.4) is 0 Å². The van der Waals surface area contributed by atoms with E-state index >= 15 is 0 Å². The number of hydrogen-bond acceptors (Lipinski definition) is 3. The molecule has 1 aromatic rings. The summed E-state index contributed by atoms with van der Waals surface area (Å²) in [7, 11) is 1.61. The van der Waals surface area contributed by atoms with Crippen molar-refractivity contribution in [3.8, 4) is 5.75 Å². The van der Waals surface area contributed by atoms with Gasteiger partial charge in [-0.3, -0.25) is 4.79 Å². The Bertz CT molecular complexity index is 493. The number of nitrogens with two attached hydrogens (primary N) is 1. The zero-order valence-corrected chi connectivity index (χ0v) is 11.6. The lowest BCUT2D eigenvalue weighted by Crippen LogP contribution is -2.45. The molecule has 0 bridgehead atoms. The van der Waals surface area contributed by atoms with Crippen LogP contribution in [0.15, 0.2) is 24.3 Å². The van der Waals surface area contributed by atoms with Crippen LogP contribution in [0.25, 0.3) is 0 Å². The van der Waals surface area contributed by atoms with Gasteiger partial charge in [0.1, 0.15) is 11.8 Å².